The Hall–Kier alpha value is -1.60. The molecule has 0 saturated heterocycles. The molecule has 2 aromatic carbocycles. The molecule has 0 atom stereocenters. The van der Waals surface area contributed by atoms with Crippen LogP contribution in [0.5, 0.6) is 5.75 Å². The first-order chi connectivity index (χ1) is 14.4. The number of carboxylic acid groups (broad SMARTS) is 1. The third-order valence-electron chi connectivity index (χ3n) is 5.67. The van der Waals surface area contributed by atoms with E-state index < -0.39 is 17.3 Å². The van der Waals surface area contributed by atoms with E-state index in [-0.39, 0.29) is 29.6 Å². The molecule has 1 aromatic heterocycles. The van der Waals surface area contributed by atoms with E-state index in [2.05, 4.69) is 15.9 Å². The van der Waals surface area contributed by atoms with Gasteiger partial charge in [-0.05, 0) is 74.2 Å². The molecule has 1 heterocycles. The van der Waals surface area contributed by atoms with Crippen LogP contribution in [0.2, 0.25) is 0 Å². The van der Waals surface area contributed by atoms with Gasteiger partial charge in [-0.3, -0.25) is 0 Å². The van der Waals surface area contributed by atoms with Crippen molar-refractivity contribution in [1.82, 2.24) is 4.57 Å². The molecule has 3 aromatic rings. The quantitative estimate of drug-likeness (QED) is 0.495. The number of aromatic carboxylic acids is 1. The molecule has 7 heteroatoms. The predicted octanol–water partition coefficient (Wildman–Crippen LogP) is 2.29. The van der Waals surface area contributed by atoms with Gasteiger partial charge in [0.15, 0.2) is 0 Å². The number of halogens is 2. The van der Waals surface area contributed by atoms with Gasteiger partial charge < -0.3 is 19.2 Å². The van der Waals surface area contributed by atoms with Crippen LogP contribution in [0.25, 0.3) is 16.9 Å². The van der Waals surface area contributed by atoms with Gasteiger partial charge in [-0.25, -0.2) is 4.39 Å². The summed E-state index contributed by atoms with van der Waals surface area (Å²) in [6, 6.07) is 13.8. The van der Waals surface area contributed by atoms with Crippen molar-refractivity contribution in [2.45, 2.75) is 32.6 Å². The van der Waals surface area contributed by atoms with E-state index in [1.165, 1.54) is 31.7 Å². The number of rotatable bonds is 6. The number of carbonyl (C=O) groups excluding carboxylic acids is 1. The van der Waals surface area contributed by atoms with Gasteiger partial charge in [-0.1, -0.05) is 28.8 Å². The number of hydrogen-bond acceptors (Lipinski definition) is 3. The van der Waals surface area contributed by atoms with Gasteiger partial charge in [-0.15, -0.1) is 0 Å². The molecule has 0 bridgehead atoms. The predicted molar refractivity (Wildman–Crippen MR) is 115 cm³/mol. The zero-order valence-corrected chi connectivity index (χ0v) is 21.2. The Kier molecular flexibility index (Phi) is 8.03. The van der Waals surface area contributed by atoms with Crippen molar-refractivity contribution in [3.63, 3.8) is 0 Å². The molecule has 0 unspecified atom stereocenters. The summed E-state index contributed by atoms with van der Waals surface area (Å²) < 4.78 is 22.9. The molecule has 1 aliphatic rings. The number of carboxylic acids is 1. The van der Waals surface area contributed by atoms with Crippen LogP contribution < -0.4 is 39.4 Å². The molecule has 0 amide bonds. The van der Waals surface area contributed by atoms with Crippen LogP contribution in [0.4, 0.5) is 4.39 Å². The van der Waals surface area contributed by atoms with Crippen molar-refractivity contribution in [3.05, 3.63) is 70.1 Å². The van der Waals surface area contributed by atoms with Crippen molar-refractivity contribution in [2.24, 2.45) is 5.92 Å². The Morgan fingerprint density at radius 1 is 1.16 bits per heavy atom. The van der Waals surface area contributed by atoms with Gasteiger partial charge in [-0.2, -0.15) is 0 Å². The van der Waals surface area contributed by atoms with Crippen LogP contribution in [0, 0.1) is 18.7 Å². The zero-order chi connectivity index (χ0) is 21.3. The maximum Gasteiger partial charge on any atom is 1.00 e. The average Bonchev–Trinajstić information content (AvgIpc) is 3.37. The molecule has 31 heavy (non-hydrogen) atoms. The first-order valence-corrected chi connectivity index (χ1v) is 10.9. The normalized spacial score (nSPS) is 13.8. The molecule has 0 spiro atoms. The molecule has 4 rings (SSSR count). The molecule has 0 radical (unpaired) electrons. The van der Waals surface area contributed by atoms with Crippen LogP contribution >= 0.6 is 15.9 Å². The van der Waals surface area contributed by atoms with Crippen LogP contribution in [-0.4, -0.2) is 17.1 Å². The summed E-state index contributed by atoms with van der Waals surface area (Å²) in [4.78, 5) is 11.3. The topological polar surface area (TPSA) is 54.3 Å². The maximum absolute atomic E-state index is 13.9. The Bertz CT molecular complexity index is 1090. The summed E-state index contributed by atoms with van der Waals surface area (Å²) in [5.41, 5.74) is 2.71. The SMILES string of the molecule is Cc1ccc(-c2cc(Br)ccc2OCC2CCCC2)n1-c1ccc(F)c(C(=O)[O-])c1.[Na+]. The van der Waals surface area contributed by atoms with Crippen LogP contribution in [-0.2, 0) is 0 Å². The van der Waals surface area contributed by atoms with E-state index in [9.17, 15) is 14.3 Å². The molecular weight excluding hydrogens is 472 g/mol. The van der Waals surface area contributed by atoms with E-state index in [1.807, 2.05) is 41.8 Å². The Labute approximate surface area is 211 Å². The average molecular weight is 494 g/mol. The van der Waals surface area contributed by atoms with Gasteiger partial charge in [0.2, 0.25) is 0 Å². The molecule has 1 aliphatic carbocycles. The molecule has 0 N–H and O–H groups in total. The second-order valence-corrected chi connectivity index (χ2v) is 8.66. The monoisotopic (exact) mass is 493 g/mol. The van der Waals surface area contributed by atoms with Crippen LogP contribution in [0.3, 0.4) is 0 Å². The fourth-order valence-corrected chi connectivity index (χ4v) is 4.47. The van der Waals surface area contributed by atoms with Crippen molar-refractivity contribution < 1.29 is 48.6 Å². The van der Waals surface area contributed by atoms with Gasteiger partial charge >= 0.3 is 29.6 Å². The molecule has 1 saturated carbocycles. The van der Waals surface area contributed by atoms with Crippen molar-refractivity contribution in [1.29, 1.82) is 0 Å². The molecular formula is C24H22BrFNNaO3. The van der Waals surface area contributed by atoms with E-state index >= 15 is 0 Å². The Morgan fingerprint density at radius 3 is 2.61 bits per heavy atom. The van der Waals surface area contributed by atoms with Gasteiger partial charge in [0.05, 0.1) is 18.3 Å². The van der Waals surface area contributed by atoms with Crippen LogP contribution in [0.15, 0.2) is 53.0 Å². The minimum atomic E-state index is -1.54. The fourth-order valence-electron chi connectivity index (χ4n) is 4.11. The van der Waals surface area contributed by atoms with E-state index in [4.69, 9.17) is 4.74 Å². The standard InChI is InChI=1S/C24H23BrFNO3.Na/c1-15-6-10-22(27(15)18-8-9-21(26)19(13-18)24(28)29)20-12-17(25)7-11-23(20)30-14-16-4-2-3-5-16;/h6-13,16H,2-5,14H2,1H3,(H,28,29);/q;+1/p-1. The number of benzene rings is 2. The zero-order valence-electron chi connectivity index (χ0n) is 17.7. The first-order valence-electron chi connectivity index (χ1n) is 10.1. The van der Waals surface area contributed by atoms with Crippen molar-refractivity contribution in [3.8, 4) is 22.7 Å². The Balaban J connectivity index is 0.00000272. The number of carbonyl (C=O) groups is 1. The summed E-state index contributed by atoms with van der Waals surface area (Å²) in [6.45, 7) is 2.60. The molecule has 4 nitrogen and oxygen atoms in total. The molecule has 1 fully saturated rings. The second kappa shape index (κ2) is 10.3. The third kappa shape index (κ3) is 5.25. The summed E-state index contributed by atoms with van der Waals surface area (Å²) in [5.74, 6) is -0.999. The van der Waals surface area contributed by atoms with Crippen molar-refractivity contribution >= 4 is 21.9 Å². The minimum Gasteiger partial charge on any atom is -0.545 e. The van der Waals surface area contributed by atoms with Gasteiger partial charge in [0.25, 0.3) is 0 Å². The number of aromatic nitrogens is 1. The number of nitrogens with zero attached hydrogens (tertiary/aromatic N) is 1. The third-order valence-corrected chi connectivity index (χ3v) is 6.16. The summed E-state index contributed by atoms with van der Waals surface area (Å²) >= 11 is 3.54. The number of ether oxygens (including phenoxy) is 1. The first kappa shape index (κ1) is 24.1. The van der Waals surface area contributed by atoms with Crippen molar-refractivity contribution in [2.75, 3.05) is 6.61 Å². The Morgan fingerprint density at radius 2 is 1.90 bits per heavy atom. The van der Waals surface area contributed by atoms with E-state index in [1.54, 1.807) is 6.07 Å². The summed E-state index contributed by atoms with van der Waals surface area (Å²) in [5, 5.41) is 11.3. The van der Waals surface area contributed by atoms with Crippen LogP contribution in [0.1, 0.15) is 41.7 Å². The van der Waals surface area contributed by atoms with Gasteiger partial charge in [0.1, 0.15) is 11.6 Å². The summed E-state index contributed by atoms with van der Waals surface area (Å²) in [6.07, 6.45) is 4.91. The largest absolute Gasteiger partial charge is 1.00 e. The van der Waals surface area contributed by atoms with E-state index in [0.29, 0.717) is 18.2 Å². The summed E-state index contributed by atoms with van der Waals surface area (Å²) in [7, 11) is 0. The second-order valence-electron chi connectivity index (χ2n) is 7.75. The fraction of sp³-hybridized carbons (Fsp3) is 0.292. The molecule has 156 valence electrons. The number of hydrogen-bond donors (Lipinski definition) is 0. The van der Waals surface area contributed by atoms with E-state index in [0.717, 1.165) is 33.2 Å². The maximum atomic E-state index is 13.9. The van der Waals surface area contributed by atoms with Gasteiger partial charge in [0, 0.05) is 27.0 Å². The minimum absolute atomic E-state index is 0. The number of aryl methyl sites for hydroxylation is 1. The smallest absolute Gasteiger partial charge is 0.545 e. The molecule has 0 aliphatic heterocycles.